The minimum Gasteiger partial charge on any atom is -0.352 e. The number of aryl methyl sites for hydroxylation is 1. The first-order valence-electron chi connectivity index (χ1n) is 11.6. The highest BCUT2D eigenvalue weighted by Crippen LogP contribution is 2.28. The van der Waals surface area contributed by atoms with Crippen LogP contribution in [0, 0.1) is 0 Å². The monoisotopic (exact) mass is 447 g/mol. The van der Waals surface area contributed by atoms with Gasteiger partial charge in [-0.1, -0.05) is 49.7 Å². The van der Waals surface area contributed by atoms with Gasteiger partial charge in [0, 0.05) is 25.1 Å². The summed E-state index contributed by atoms with van der Waals surface area (Å²) in [7, 11) is 0. The van der Waals surface area contributed by atoms with E-state index in [0.717, 1.165) is 36.0 Å². The van der Waals surface area contributed by atoms with E-state index in [9.17, 15) is 19.2 Å². The third kappa shape index (κ3) is 5.30. The molecular weight excluding hydrogens is 418 g/mol. The number of unbranched alkanes of at least 4 members (excludes halogenated alkanes) is 1. The van der Waals surface area contributed by atoms with E-state index in [1.54, 1.807) is 6.07 Å². The Morgan fingerprint density at radius 2 is 1.79 bits per heavy atom. The van der Waals surface area contributed by atoms with Crippen molar-refractivity contribution in [3.8, 4) is 0 Å². The highest BCUT2D eigenvalue weighted by Gasteiger charge is 2.39. The summed E-state index contributed by atoms with van der Waals surface area (Å²) in [5.74, 6) is -0.973. The minimum atomic E-state index is -0.626. The molecule has 33 heavy (non-hydrogen) atoms. The molecule has 2 aromatic rings. The molecule has 1 saturated heterocycles. The van der Waals surface area contributed by atoms with E-state index in [1.165, 1.54) is 10.5 Å². The molecule has 2 aliphatic heterocycles. The quantitative estimate of drug-likeness (QED) is 0.608. The number of hydrogen-bond acceptors (Lipinski definition) is 4. The van der Waals surface area contributed by atoms with Crippen molar-refractivity contribution in [2.45, 2.75) is 64.6 Å². The van der Waals surface area contributed by atoms with Gasteiger partial charge in [-0.2, -0.15) is 0 Å². The number of carbonyl (C=O) groups is 4. The van der Waals surface area contributed by atoms with Crippen LogP contribution in [0.1, 0.15) is 65.2 Å². The van der Waals surface area contributed by atoms with Crippen molar-refractivity contribution in [3.63, 3.8) is 0 Å². The third-order valence-corrected chi connectivity index (χ3v) is 6.28. The molecule has 7 heteroatoms. The second kappa shape index (κ2) is 9.98. The number of hydrogen-bond donors (Lipinski definition) is 2. The lowest BCUT2D eigenvalue weighted by atomic mass is 10.0. The lowest BCUT2D eigenvalue weighted by Crippen LogP contribution is -2.52. The van der Waals surface area contributed by atoms with Crippen molar-refractivity contribution >= 4 is 23.6 Å². The Labute approximate surface area is 193 Å². The fourth-order valence-electron chi connectivity index (χ4n) is 4.39. The molecule has 172 valence electrons. The summed E-state index contributed by atoms with van der Waals surface area (Å²) in [5, 5.41) is 5.26. The molecule has 0 aromatic heterocycles. The minimum absolute atomic E-state index is 0.0574. The van der Waals surface area contributed by atoms with Gasteiger partial charge < -0.3 is 10.2 Å². The fourth-order valence-corrected chi connectivity index (χ4v) is 4.39. The Morgan fingerprint density at radius 1 is 1.06 bits per heavy atom. The van der Waals surface area contributed by atoms with Crippen LogP contribution < -0.4 is 10.6 Å². The molecule has 2 heterocycles. The van der Waals surface area contributed by atoms with Gasteiger partial charge in [0.05, 0.1) is 6.42 Å². The number of benzene rings is 2. The maximum absolute atomic E-state index is 12.8. The molecule has 0 aliphatic carbocycles. The zero-order valence-corrected chi connectivity index (χ0v) is 18.9. The van der Waals surface area contributed by atoms with Crippen molar-refractivity contribution < 1.29 is 19.2 Å². The number of fused-ring (bicyclic) bond motifs is 1. The number of nitrogens with one attached hydrogen (secondary N) is 2. The molecule has 1 fully saturated rings. The normalized spacial score (nSPS) is 17.7. The van der Waals surface area contributed by atoms with E-state index in [1.807, 2.05) is 24.3 Å². The predicted molar refractivity (Wildman–Crippen MR) is 123 cm³/mol. The molecule has 0 saturated carbocycles. The summed E-state index contributed by atoms with van der Waals surface area (Å²) in [6, 6.07) is 13.0. The molecule has 0 spiro atoms. The van der Waals surface area contributed by atoms with Gasteiger partial charge in [0.1, 0.15) is 6.04 Å². The number of rotatable bonds is 8. The average Bonchev–Trinajstić information content (AvgIpc) is 3.13. The molecule has 2 aromatic carbocycles. The predicted octanol–water partition coefficient (Wildman–Crippen LogP) is 2.65. The third-order valence-electron chi connectivity index (χ3n) is 6.28. The number of nitrogens with zero attached hydrogens (tertiary/aromatic N) is 1. The maximum atomic E-state index is 12.8. The summed E-state index contributed by atoms with van der Waals surface area (Å²) in [6.45, 7) is 2.87. The molecule has 1 atom stereocenters. The van der Waals surface area contributed by atoms with Crippen molar-refractivity contribution in [2.75, 3.05) is 0 Å². The Balaban J connectivity index is 1.32. The van der Waals surface area contributed by atoms with Crippen molar-refractivity contribution in [2.24, 2.45) is 0 Å². The average molecular weight is 448 g/mol. The SMILES string of the molecule is CCCCc1ccc(CC(=O)NCc2ccc3c(c2)CN(C2CCC(=O)NC2=O)C3=O)cc1. The molecule has 0 bridgehead atoms. The first-order valence-corrected chi connectivity index (χ1v) is 11.6. The maximum Gasteiger partial charge on any atom is 0.255 e. The van der Waals surface area contributed by atoms with Gasteiger partial charge in [-0.05, 0) is 47.6 Å². The zero-order valence-electron chi connectivity index (χ0n) is 18.9. The van der Waals surface area contributed by atoms with E-state index in [-0.39, 0.29) is 24.1 Å². The van der Waals surface area contributed by atoms with Crippen LogP contribution >= 0.6 is 0 Å². The molecule has 2 N–H and O–H groups in total. The standard InChI is InChI=1S/C26H29N3O4/c1-2-3-4-17-5-7-18(8-6-17)14-24(31)27-15-19-9-10-21-20(13-19)16-29(26(21)33)22-11-12-23(30)28-25(22)32/h5-10,13,22H,2-4,11-12,14-16H2,1H3,(H,27,31)(H,28,30,32). The van der Waals surface area contributed by atoms with E-state index < -0.39 is 11.9 Å². The Morgan fingerprint density at radius 3 is 2.52 bits per heavy atom. The number of piperidine rings is 1. The highest BCUT2D eigenvalue weighted by molar-refractivity contribution is 6.05. The van der Waals surface area contributed by atoms with Crippen molar-refractivity contribution in [1.82, 2.24) is 15.5 Å². The van der Waals surface area contributed by atoms with Crippen molar-refractivity contribution in [1.29, 1.82) is 0 Å². The van der Waals surface area contributed by atoms with Crippen LogP contribution in [-0.4, -0.2) is 34.6 Å². The van der Waals surface area contributed by atoms with Gasteiger partial charge in [-0.25, -0.2) is 0 Å². The van der Waals surface area contributed by atoms with Crippen LogP contribution in [-0.2, 0) is 40.3 Å². The zero-order chi connectivity index (χ0) is 23.4. The van der Waals surface area contributed by atoms with Gasteiger partial charge in [0.15, 0.2) is 0 Å². The van der Waals surface area contributed by atoms with Crippen molar-refractivity contribution in [3.05, 3.63) is 70.3 Å². The lowest BCUT2D eigenvalue weighted by molar-refractivity contribution is -0.137. The number of carbonyl (C=O) groups excluding carboxylic acids is 4. The smallest absolute Gasteiger partial charge is 0.255 e. The molecule has 0 radical (unpaired) electrons. The topological polar surface area (TPSA) is 95.6 Å². The Bertz CT molecular complexity index is 1080. The number of amides is 4. The first-order chi connectivity index (χ1) is 15.9. The van der Waals surface area contributed by atoms with Crippen LogP contribution in [0.3, 0.4) is 0 Å². The summed E-state index contributed by atoms with van der Waals surface area (Å²) >= 11 is 0. The molecule has 7 nitrogen and oxygen atoms in total. The van der Waals surface area contributed by atoms with Crippen LogP contribution in [0.2, 0.25) is 0 Å². The molecule has 2 aliphatic rings. The van der Waals surface area contributed by atoms with E-state index in [4.69, 9.17) is 0 Å². The molecule has 1 unspecified atom stereocenters. The van der Waals surface area contributed by atoms with Crippen LogP contribution in [0.15, 0.2) is 42.5 Å². The first kappa shape index (κ1) is 22.7. The Kier molecular flexibility index (Phi) is 6.87. The van der Waals surface area contributed by atoms with Gasteiger partial charge in [0.2, 0.25) is 17.7 Å². The van der Waals surface area contributed by atoms with Gasteiger partial charge in [-0.3, -0.25) is 24.5 Å². The van der Waals surface area contributed by atoms with Gasteiger partial charge in [0.25, 0.3) is 5.91 Å². The largest absolute Gasteiger partial charge is 0.352 e. The second-order valence-electron chi connectivity index (χ2n) is 8.77. The van der Waals surface area contributed by atoms with Gasteiger partial charge >= 0.3 is 0 Å². The van der Waals surface area contributed by atoms with E-state index in [2.05, 4.69) is 29.7 Å². The summed E-state index contributed by atoms with van der Waals surface area (Å²) in [6.07, 6.45) is 4.28. The molecular formula is C26H29N3O4. The highest BCUT2D eigenvalue weighted by atomic mass is 16.2. The molecule has 4 rings (SSSR count). The summed E-state index contributed by atoms with van der Waals surface area (Å²) < 4.78 is 0. The van der Waals surface area contributed by atoms with Crippen LogP contribution in [0.4, 0.5) is 0 Å². The van der Waals surface area contributed by atoms with E-state index >= 15 is 0 Å². The van der Waals surface area contributed by atoms with Crippen LogP contribution in [0.25, 0.3) is 0 Å². The Hall–Kier alpha value is -3.48. The summed E-state index contributed by atoms with van der Waals surface area (Å²) in [4.78, 5) is 50.3. The second-order valence-corrected chi connectivity index (χ2v) is 8.77. The molecule has 4 amide bonds. The lowest BCUT2D eigenvalue weighted by Gasteiger charge is -2.29. The van der Waals surface area contributed by atoms with E-state index in [0.29, 0.717) is 31.5 Å². The van der Waals surface area contributed by atoms with Crippen LogP contribution in [0.5, 0.6) is 0 Å². The number of imide groups is 1. The van der Waals surface area contributed by atoms with Gasteiger partial charge in [-0.15, -0.1) is 0 Å². The summed E-state index contributed by atoms with van der Waals surface area (Å²) in [5.41, 5.74) is 4.57. The fraction of sp³-hybridized carbons (Fsp3) is 0.385.